The van der Waals surface area contributed by atoms with E-state index in [2.05, 4.69) is 10.3 Å². The maximum Gasteiger partial charge on any atom is 0.137 e. The van der Waals surface area contributed by atoms with Crippen LogP contribution in [0.15, 0.2) is 15.5 Å². The first-order valence-corrected chi connectivity index (χ1v) is 7.16. The molecule has 3 aliphatic rings. The Balaban J connectivity index is 1.69. The lowest BCUT2D eigenvalue weighted by molar-refractivity contribution is 0.0825. The van der Waals surface area contributed by atoms with Crippen molar-refractivity contribution >= 4 is 16.6 Å². The average molecular weight is 240 g/mol. The second kappa shape index (κ2) is 4.30. The van der Waals surface area contributed by atoms with Crippen molar-refractivity contribution in [2.75, 3.05) is 25.5 Å². The van der Waals surface area contributed by atoms with E-state index in [-0.39, 0.29) is 0 Å². The molecule has 0 bridgehead atoms. The van der Waals surface area contributed by atoms with Crippen molar-refractivity contribution in [3.05, 3.63) is 10.5 Å². The third-order valence-corrected chi connectivity index (χ3v) is 4.86. The normalized spacial score (nSPS) is 30.5. The van der Waals surface area contributed by atoms with Crippen molar-refractivity contribution in [1.29, 1.82) is 0 Å². The highest BCUT2D eigenvalue weighted by atomic mass is 32.2. The SMILES string of the molecule is O=S1CCC2=C1C(NC1CCOCC1)=NC2. The number of hydrogen-bond donors (Lipinski definition) is 1. The maximum absolute atomic E-state index is 11.8. The summed E-state index contributed by atoms with van der Waals surface area (Å²) in [5.41, 5.74) is 1.29. The summed E-state index contributed by atoms with van der Waals surface area (Å²) in [7, 11) is -0.808. The van der Waals surface area contributed by atoms with Crippen molar-refractivity contribution in [1.82, 2.24) is 5.32 Å². The first-order valence-electron chi connectivity index (χ1n) is 5.84. The molecule has 3 rings (SSSR count). The fourth-order valence-corrected chi connectivity index (χ4v) is 3.87. The minimum atomic E-state index is -0.808. The van der Waals surface area contributed by atoms with Crippen LogP contribution in [0.1, 0.15) is 19.3 Å². The summed E-state index contributed by atoms with van der Waals surface area (Å²) >= 11 is 0. The minimum Gasteiger partial charge on any atom is -0.381 e. The van der Waals surface area contributed by atoms with Crippen LogP contribution in [0.5, 0.6) is 0 Å². The molecule has 3 aliphatic heterocycles. The smallest absolute Gasteiger partial charge is 0.137 e. The molecule has 88 valence electrons. The Bertz CT molecular complexity index is 383. The van der Waals surface area contributed by atoms with Crippen LogP contribution in [-0.2, 0) is 15.5 Å². The Kier molecular flexibility index (Phi) is 2.81. The van der Waals surface area contributed by atoms with Gasteiger partial charge in [-0.15, -0.1) is 0 Å². The van der Waals surface area contributed by atoms with Crippen molar-refractivity contribution < 1.29 is 8.95 Å². The molecule has 0 aromatic carbocycles. The standard InChI is InChI=1S/C11H16N2O2S/c14-16-6-3-8-7-12-11(10(8)16)13-9-1-4-15-5-2-9/h9H,1-7H2,(H,12,13). The average Bonchev–Trinajstić information content (AvgIpc) is 2.86. The van der Waals surface area contributed by atoms with Gasteiger partial charge in [0, 0.05) is 25.0 Å². The fraction of sp³-hybridized carbons (Fsp3) is 0.727. The molecule has 1 N–H and O–H groups in total. The van der Waals surface area contributed by atoms with E-state index in [1.54, 1.807) is 0 Å². The molecule has 1 fully saturated rings. The highest BCUT2D eigenvalue weighted by Gasteiger charge is 2.31. The Morgan fingerprint density at radius 1 is 1.38 bits per heavy atom. The second-order valence-electron chi connectivity index (χ2n) is 4.43. The van der Waals surface area contributed by atoms with Crippen LogP contribution in [-0.4, -0.2) is 41.6 Å². The molecule has 5 heteroatoms. The Morgan fingerprint density at radius 3 is 3.00 bits per heavy atom. The molecule has 0 spiro atoms. The number of nitrogens with zero attached hydrogens (tertiary/aromatic N) is 1. The molecule has 0 saturated carbocycles. The van der Waals surface area contributed by atoms with Gasteiger partial charge in [-0.05, 0) is 24.8 Å². The zero-order chi connectivity index (χ0) is 11.0. The summed E-state index contributed by atoms with van der Waals surface area (Å²) in [6.45, 7) is 2.40. The van der Waals surface area contributed by atoms with Crippen LogP contribution in [0.25, 0.3) is 0 Å². The van der Waals surface area contributed by atoms with Crippen LogP contribution in [0.2, 0.25) is 0 Å². The molecule has 0 amide bonds. The predicted molar refractivity (Wildman–Crippen MR) is 63.9 cm³/mol. The summed E-state index contributed by atoms with van der Waals surface area (Å²) in [6.07, 6.45) is 3.01. The minimum absolute atomic E-state index is 0.442. The third kappa shape index (κ3) is 1.82. The molecule has 0 aromatic heterocycles. The number of ether oxygens (including phenoxy) is 1. The Hall–Kier alpha value is -0.680. The number of amidine groups is 1. The van der Waals surface area contributed by atoms with Crippen molar-refractivity contribution in [3.63, 3.8) is 0 Å². The summed E-state index contributed by atoms with van der Waals surface area (Å²) in [4.78, 5) is 5.47. The quantitative estimate of drug-likeness (QED) is 0.729. The van der Waals surface area contributed by atoms with E-state index < -0.39 is 10.8 Å². The van der Waals surface area contributed by atoms with Gasteiger partial charge in [0.1, 0.15) is 5.84 Å². The van der Waals surface area contributed by atoms with Gasteiger partial charge in [0.25, 0.3) is 0 Å². The van der Waals surface area contributed by atoms with E-state index in [1.807, 2.05) is 0 Å². The molecule has 1 atom stereocenters. The monoisotopic (exact) mass is 240 g/mol. The molecule has 0 radical (unpaired) electrons. The van der Waals surface area contributed by atoms with Gasteiger partial charge in [-0.1, -0.05) is 0 Å². The molecule has 1 saturated heterocycles. The van der Waals surface area contributed by atoms with Gasteiger partial charge in [-0.25, -0.2) is 0 Å². The molecule has 0 aromatic rings. The van der Waals surface area contributed by atoms with Gasteiger partial charge in [0.15, 0.2) is 0 Å². The highest BCUT2D eigenvalue weighted by Crippen LogP contribution is 2.28. The predicted octanol–water partition coefficient (Wildman–Crippen LogP) is 0.574. The van der Waals surface area contributed by atoms with Gasteiger partial charge in [-0.3, -0.25) is 9.20 Å². The third-order valence-electron chi connectivity index (χ3n) is 3.34. The maximum atomic E-state index is 11.8. The van der Waals surface area contributed by atoms with E-state index in [0.717, 1.165) is 55.5 Å². The Labute approximate surface area is 97.6 Å². The van der Waals surface area contributed by atoms with Gasteiger partial charge in [-0.2, -0.15) is 0 Å². The number of rotatable bonds is 1. The van der Waals surface area contributed by atoms with Crippen LogP contribution in [0.3, 0.4) is 0 Å². The molecule has 3 heterocycles. The largest absolute Gasteiger partial charge is 0.381 e. The van der Waals surface area contributed by atoms with Crippen LogP contribution in [0.4, 0.5) is 0 Å². The zero-order valence-corrected chi connectivity index (χ0v) is 10.0. The van der Waals surface area contributed by atoms with Crippen LogP contribution >= 0.6 is 0 Å². The lowest BCUT2D eigenvalue weighted by Gasteiger charge is -2.24. The topological polar surface area (TPSA) is 50.7 Å². The van der Waals surface area contributed by atoms with Crippen LogP contribution in [0, 0.1) is 0 Å². The number of aliphatic imine (C=N–C) groups is 1. The molecular weight excluding hydrogens is 224 g/mol. The highest BCUT2D eigenvalue weighted by molar-refractivity contribution is 7.90. The zero-order valence-electron chi connectivity index (χ0n) is 9.20. The van der Waals surface area contributed by atoms with Crippen molar-refractivity contribution in [3.8, 4) is 0 Å². The Morgan fingerprint density at radius 2 is 2.19 bits per heavy atom. The lowest BCUT2D eigenvalue weighted by atomic mass is 10.1. The molecule has 1 unspecified atom stereocenters. The van der Waals surface area contributed by atoms with E-state index in [1.165, 1.54) is 5.57 Å². The van der Waals surface area contributed by atoms with Crippen molar-refractivity contribution in [2.24, 2.45) is 4.99 Å². The van der Waals surface area contributed by atoms with Crippen LogP contribution < -0.4 is 5.32 Å². The summed E-state index contributed by atoms with van der Waals surface area (Å²) in [5, 5.41) is 3.44. The summed E-state index contributed by atoms with van der Waals surface area (Å²) in [5.74, 6) is 1.69. The summed E-state index contributed by atoms with van der Waals surface area (Å²) < 4.78 is 17.1. The van der Waals surface area contributed by atoms with E-state index in [0.29, 0.717) is 6.04 Å². The fourth-order valence-electron chi connectivity index (χ4n) is 2.41. The molecular formula is C11H16N2O2S. The first-order chi connectivity index (χ1) is 7.84. The van der Waals surface area contributed by atoms with Gasteiger partial charge in [0.05, 0.1) is 22.2 Å². The lowest BCUT2D eigenvalue weighted by Crippen LogP contribution is -2.39. The second-order valence-corrected chi connectivity index (χ2v) is 5.94. The number of hydrogen-bond acceptors (Lipinski definition) is 4. The van der Waals surface area contributed by atoms with E-state index in [9.17, 15) is 4.21 Å². The van der Waals surface area contributed by atoms with Gasteiger partial charge in [0.2, 0.25) is 0 Å². The first kappa shape index (κ1) is 10.5. The van der Waals surface area contributed by atoms with Gasteiger partial charge >= 0.3 is 0 Å². The summed E-state index contributed by atoms with van der Waals surface area (Å²) in [6, 6.07) is 0.442. The number of nitrogens with one attached hydrogen (secondary N) is 1. The van der Waals surface area contributed by atoms with E-state index in [4.69, 9.17) is 4.74 Å². The molecule has 4 nitrogen and oxygen atoms in total. The molecule has 0 aliphatic carbocycles. The molecule has 16 heavy (non-hydrogen) atoms. The van der Waals surface area contributed by atoms with Gasteiger partial charge < -0.3 is 10.1 Å². The van der Waals surface area contributed by atoms with E-state index >= 15 is 0 Å². The van der Waals surface area contributed by atoms with Crippen molar-refractivity contribution in [2.45, 2.75) is 25.3 Å².